The molecule has 0 N–H and O–H groups in total. The molecule has 0 atom stereocenters. The van der Waals surface area contributed by atoms with Crippen LogP contribution in [0.2, 0.25) is 0 Å². The van der Waals surface area contributed by atoms with Crippen molar-refractivity contribution in [2.24, 2.45) is 5.92 Å². The largest absolute Gasteiger partial charge is 0.381 e. The minimum Gasteiger partial charge on any atom is -0.381 e. The van der Waals surface area contributed by atoms with Gasteiger partial charge in [-0.05, 0) is 37.0 Å². The first kappa shape index (κ1) is 15.2. The molecule has 118 valence electrons. The van der Waals surface area contributed by atoms with E-state index < -0.39 is 9.84 Å². The summed E-state index contributed by atoms with van der Waals surface area (Å²) in [6.07, 6.45) is 3.46. The Balaban J connectivity index is 1.66. The van der Waals surface area contributed by atoms with Gasteiger partial charge in [0.25, 0.3) is 0 Å². The Bertz CT molecular complexity index is 704. The van der Waals surface area contributed by atoms with Gasteiger partial charge in [-0.2, -0.15) is 5.10 Å². The first-order chi connectivity index (χ1) is 10.6. The van der Waals surface area contributed by atoms with E-state index in [0.29, 0.717) is 18.9 Å². The van der Waals surface area contributed by atoms with Gasteiger partial charge in [0.1, 0.15) is 0 Å². The monoisotopic (exact) mass is 320 g/mol. The lowest BCUT2D eigenvalue weighted by atomic mass is 10.0. The summed E-state index contributed by atoms with van der Waals surface area (Å²) < 4.78 is 31.6. The Morgan fingerprint density at radius 2 is 1.86 bits per heavy atom. The zero-order chi connectivity index (χ0) is 15.4. The van der Waals surface area contributed by atoms with Crippen molar-refractivity contribution in [2.45, 2.75) is 18.6 Å². The third-order valence-electron chi connectivity index (χ3n) is 3.86. The van der Waals surface area contributed by atoms with Crippen molar-refractivity contribution in [3.05, 3.63) is 48.3 Å². The highest BCUT2D eigenvalue weighted by molar-refractivity contribution is 7.90. The zero-order valence-electron chi connectivity index (χ0n) is 12.4. The molecule has 2 aromatic rings. The molecule has 2 heterocycles. The number of sulfone groups is 1. The van der Waals surface area contributed by atoms with Crippen molar-refractivity contribution in [2.75, 3.05) is 19.0 Å². The normalized spacial score (nSPS) is 16.7. The van der Waals surface area contributed by atoms with Crippen molar-refractivity contribution < 1.29 is 13.2 Å². The van der Waals surface area contributed by atoms with Crippen molar-refractivity contribution in [1.29, 1.82) is 0 Å². The fraction of sp³-hybridized carbons (Fsp3) is 0.438. The molecule has 0 amide bonds. The maximum absolute atomic E-state index is 12.3. The molecule has 1 aromatic heterocycles. The fourth-order valence-electron chi connectivity index (χ4n) is 2.72. The lowest BCUT2D eigenvalue weighted by Gasteiger charge is -2.21. The van der Waals surface area contributed by atoms with Gasteiger partial charge in [-0.3, -0.25) is 0 Å². The summed E-state index contributed by atoms with van der Waals surface area (Å²) in [5.41, 5.74) is 1.52. The van der Waals surface area contributed by atoms with Gasteiger partial charge in [-0.15, -0.1) is 0 Å². The van der Waals surface area contributed by atoms with Gasteiger partial charge in [0.15, 0.2) is 9.84 Å². The highest BCUT2D eigenvalue weighted by Gasteiger charge is 2.22. The molecule has 6 heteroatoms. The summed E-state index contributed by atoms with van der Waals surface area (Å²) in [6, 6.07) is 11.4. The van der Waals surface area contributed by atoms with E-state index in [1.807, 2.05) is 30.3 Å². The van der Waals surface area contributed by atoms with Crippen LogP contribution in [0, 0.1) is 5.92 Å². The zero-order valence-corrected chi connectivity index (χ0v) is 13.2. The summed E-state index contributed by atoms with van der Waals surface area (Å²) in [5, 5.41) is 4.37. The van der Waals surface area contributed by atoms with Crippen LogP contribution in [-0.2, 0) is 20.3 Å². The second kappa shape index (κ2) is 6.62. The average Bonchev–Trinajstić information content (AvgIpc) is 2.96. The summed E-state index contributed by atoms with van der Waals surface area (Å²) in [7, 11) is -3.13. The maximum Gasteiger partial charge on any atom is 0.156 e. The summed E-state index contributed by atoms with van der Waals surface area (Å²) in [5.74, 6) is 0.452. The van der Waals surface area contributed by atoms with Crippen LogP contribution in [0.4, 0.5) is 0 Å². The SMILES string of the molecule is O=S(=O)(Cc1ccn(-c2ccccc2)n1)CC1CCOCC1. The standard InChI is InChI=1S/C16H20N2O3S/c19-22(20,12-14-7-10-21-11-8-14)13-15-6-9-18(17-15)16-4-2-1-3-5-16/h1-6,9,14H,7-8,10-13H2. The van der Waals surface area contributed by atoms with E-state index in [4.69, 9.17) is 4.74 Å². The second-order valence-corrected chi connectivity index (χ2v) is 7.81. The van der Waals surface area contributed by atoms with Gasteiger partial charge in [-0.1, -0.05) is 18.2 Å². The van der Waals surface area contributed by atoms with Gasteiger partial charge < -0.3 is 4.74 Å². The van der Waals surface area contributed by atoms with E-state index in [-0.39, 0.29) is 17.4 Å². The molecule has 1 aliphatic rings. The van der Waals surface area contributed by atoms with Crippen LogP contribution in [-0.4, -0.2) is 37.2 Å². The second-order valence-electron chi connectivity index (χ2n) is 5.70. The van der Waals surface area contributed by atoms with Gasteiger partial charge in [0.05, 0.1) is 22.9 Å². The van der Waals surface area contributed by atoms with Crippen molar-refractivity contribution >= 4 is 9.84 Å². The van der Waals surface area contributed by atoms with Gasteiger partial charge in [0, 0.05) is 19.4 Å². The highest BCUT2D eigenvalue weighted by atomic mass is 32.2. The van der Waals surface area contributed by atoms with Crippen molar-refractivity contribution in [3.63, 3.8) is 0 Å². The number of rotatable bonds is 5. The van der Waals surface area contributed by atoms with E-state index >= 15 is 0 Å². The number of para-hydroxylation sites is 1. The predicted octanol–water partition coefficient (Wildman–Crippen LogP) is 2.21. The van der Waals surface area contributed by atoms with E-state index in [0.717, 1.165) is 18.5 Å². The van der Waals surface area contributed by atoms with E-state index in [2.05, 4.69) is 5.10 Å². The first-order valence-corrected chi connectivity index (χ1v) is 9.33. The third kappa shape index (κ3) is 3.96. The molecule has 22 heavy (non-hydrogen) atoms. The molecule has 0 spiro atoms. The minimum absolute atomic E-state index is 0.00416. The predicted molar refractivity (Wildman–Crippen MR) is 84.6 cm³/mol. The fourth-order valence-corrected chi connectivity index (χ4v) is 4.49. The van der Waals surface area contributed by atoms with Crippen LogP contribution in [0.15, 0.2) is 42.6 Å². The smallest absolute Gasteiger partial charge is 0.156 e. The number of ether oxygens (including phenoxy) is 1. The third-order valence-corrected chi connectivity index (χ3v) is 5.58. The molecule has 0 radical (unpaired) electrons. The van der Waals surface area contributed by atoms with Crippen LogP contribution < -0.4 is 0 Å². The van der Waals surface area contributed by atoms with Crippen molar-refractivity contribution in [3.8, 4) is 5.69 Å². The Labute approximate surface area is 130 Å². The molecule has 1 aliphatic heterocycles. The quantitative estimate of drug-likeness (QED) is 0.847. The number of hydrogen-bond acceptors (Lipinski definition) is 4. The van der Waals surface area contributed by atoms with E-state index in [9.17, 15) is 8.42 Å². The molecule has 0 unspecified atom stereocenters. The number of nitrogens with zero attached hydrogens (tertiary/aromatic N) is 2. The van der Waals surface area contributed by atoms with Crippen LogP contribution in [0.25, 0.3) is 5.69 Å². The Morgan fingerprint density at radius 1 is 1.14 bits per heavy atom. The highest BCUT2D eigenvalue weighted by Crippen LogP contribution is 2.19. The Hall–Kier alpha value is -1.66. The lowest BCUT2D eigenvalue weighted by Crippen LogP contribution is -2.24. The lowest BCUT2D eigenvalue weighted by molar-refractivity contribution is 0.0723. The van der Waals surface area contributed by atoms with Gasteiger partial charge in [-0.25, -0.2) is 13.1 Å². The number of aromatic nitrogens is 2. The molecule has 5 nitrogen and oxygen atoms in total. The van der Waals surface area contributed by atoms with Gasteiger partial charge in [0.2, 0.25) is 0 Å². The maximum atomic E-state index is 12.3. The molecule has 1 saturated heterocycles. The first-order valence-electron chi connectivity index (χ1n) is 7.50. The van der Waals surface area contributed by atoms with Gasteiger partial charge >= 0.3 is 0 Å². The molecule has 0 saturated carbocycles. The van der Waals surface area contributed by atoms with E-state index in [1.165, 1.54) is 0 Å². The molecule has 1 aromatic carbocycles. The van der Waals surface area contributed by atoms with Crippen LogP contribution in [0.3, 0.4) is 0 Å². The molecule has 0 bridgehead atoms. The molecule has 0 aliphatic carbocycles. The Morgan fingerprint density at radius 3 is 2.59 bits per heavy atom. The van der Waals surface area contributed by atoms with Crippen molar-refractivity contribution in [1.82, 2.24) is 9.78 Å². The number of hydrogen-bond donors (Lipinski definition) is 0. The molecular weight excluding hydrogens is 300 g/mol. The Kier molecular flexibility index (Phi) is 4.59. The molecule has 1 fully saturated rings. The topological polar surface area (TPSA) is 61.2 Å². The van der Waals surface area contributed by atoms with Crippen LogP contribution in [0.1, 0.15) is 18.5 Å². The number of benzene rings is 1. The summed E-state index contributed by atoms with van der Waals surface area (Å²) >= 11 is 0. The van der Waals surface area contributed by atoms with Crippen LogP contribution in [0.5, 0.6) is 0 Å². The minimum atomic E-state index is -3.13. The van der Waals surface area contributed by atoms with E-state index in [1.54, 1.807) is 16.9 Å². The van der Waals surface area contributed by atoms with Crippen LogP contribution >= 0.6 is 0 Å². The molecule has 3 rings (SSSR count). The summed E-state index contributed by atoms with van der Waals surface area (Å²) in [6.45, 7) is 1.34. The molecular formula is C16H20N2O3S. The summed E-state index contributed by atoms with van der Waals surface area (Å²) in [4.78, 5) is 0. The average molecular weight is 320 g/mol.